The average Bonchev–Trinajstić information content (AvgIpc) is 2.48. The zero-order valence-electron chi connectivity index (χ0n) is 11.7. The Morgan fingerprint density at radius 1 is 1.21 bits per heavy atom. The van der Waals surface area contributed by atoms with Gasteiger partial charge in [0.05, 0.1) is 33.5 Å². The quantitative estimate of drug-likeness (QED) is 0.876. The van der Waals surface area contributed by atoms with Crippen molar-refractivity contribution in [3.8, 4) is 11.5 Å². The number of methoxy groups -OCH3 is 3. The van der Waals surface area contributed by atoms with Crippen molar-refractivity contribution in [1.82, 2.24) is 5.32 Å². The van der Waals surface area contributed by atoms with Gasteiger partial charge in [-0.15, -0.1) is 0 Å². The van der Waals surface area contributed by atoms with E-state index in [1.54, 1.807) is 21.3 Å². The monoisotopic (exact) mass is 267 g/mol. The molecule has 5 nitrogen and oxygen atoms in total. The lowest BCUT2D eigenvalue weighted by atomic mass is 9.99. The van der Waals surface area contributed by atoms with Crippen molar-refractivity contribution in [3.63, 3.8) is 0 Å². The minimum Gasteiger partial charge on any atom is -0.496 e. The van der Waals surface area contributed by atoms with E-state index in [0.717, 1.165) is 35.7 Å². The van der Waals surface area contributed by atoms with E-state index >= 15 is 0 Å². The second-order valence-corrected chi connectivity index (χ2v) is 4.36. The number of hydrogen-bond acceptors (Lipinski definition) is 5. The first kappa shape index (κ1) is 14.1. The smallest absolute Gasteiger partial charge is 0.125 e. The molecule has 1 heterocycles. The van der Waals surface area contributed by atoms with Gasteiger partial charge in [0.1, 0.15) is 11.5 Å². The molecule has 19 heavy (non-hydrogen) atoms. The lowest BCUT2D eigenvalue weighted by Gasteiger charge is -2.28. The number of benzene rings is 1. The highest BCUT2D eigenvalue weighted by molar-refractivity contribution is 5.50. The van der Waals surface area contributed by atoms with Crippen LogP contribution in [0.1, 0.15) is 17.2 Å². The summed E-state index contributed by atoms with van der Waals surface area (Å²) in [7, 11) is 4.99. The number of nitrogens with one attached hydrogen (secondary N) is 1. The molecule has 0 radical (unpaired) electrons. The molecule has 5 heteroatoms. The van der Waals surface area contributed by atoms with Crippen LogP contribution in [0.3, 0.4) is 0 Å². The third kappa shape index (κ3) is 3.00. The van der Waals surface area contributed by atoms with Gasteiger partial charge in [-0.1, -0.05) is 0 Å². The molecule has 1 aromatic carbocycles. The summed E-state index contributed by atoms with van der Waals surface area (Å²) in [5.41, 5.74) is 1.99. The molecule has 1 aliphatic rings. The van der Waals surface area contributed by atoms with Crippen LogP contribution in [0.25, 0.3) is 0 Å². The molecule has 1 aromatic rings. The van der Waals surface area contributed by atoms with Gasteiger partial charge in [0, 0.05) is 31.3 Å². The highest BCUT2D eigenvalue weighted by atomic mass is 16.5. The van der Waals surface area contributed by atoms with E-state index in [1.807, 2.05) is 12.1 Å². The summed E-state index contributed by atoms with van der Waals surface area (Å²) in [6, 6.07) is 3.80. The predicted octanol–water partition coefficient (Wildman–Crippen LogP) is 1.51. The largest absolute Gasteiger partial charge is 0.496 e. The maximum absolute atomic E-state index is 5.84. The van der Waals surface area contributed by atoms with E-state index in [2.05, 4.69) is 5.32 Å². The third-order valence-electron chi connectivity index (χ3n) is 3.25. The van der Waals surface area contributed by atoms with Crippen molar-refractivity contribution in [1.29, 1.82) is 0 Å². The summed E-state index contributed by atoms with van der Waals surface area (Å²) in [5.74, 6) is 1.60. The molecule has 1 unspecified atom stereocenters. The van der Waals surface area contributed by atoms with Crippen LogP contribution in [0.2, 0.25) is 0 Å². The number of morpholine rings is 1. The first-order valence-corrected chi connectivity index (χ1v) is 6.36. The van der Waals surface area contributed by atoms with E-state index in [0.29, 0.717) is 13.2 Å². The van der Waals surface area contributed by atoms with E-state index in [-0.39, 0.29) is 6.10 Å². The molecule has 0 aliphatic carbocycles. The molecule has 1 saturated heterocycles. The van der Waals surface area contributed by atoms with Gasteiger partial charge in [0.2, 0.25) is 0 Å². The first-order chi connectivity index (χ1) is 9.31. The fourth-order valence-corrected chi connectivity index (χ4v) is 2.39. The van der Waals surface area contributed by atoms with Crippen molar-refractivity contribution < 1.29 is 18.9 Å². The van der Waals surface area contributed by atoms with Crippen molar-refractivity contribution in [2.75, 3.05) is 41.0 Å². The number of hydrogen-bond donors (Lipinski definition) is 1. The van der Waals surface area contributed by atoms with Gasteiger partial charge in [-0.25, -0.2) is 0 Å². The lowest BCUT2D eigenvalue weighted by molar-refractivity contribution is 0.0244. The Bertz CT molecular complexity index is 416. The highest BCUT2D eigenvalue weighted by Crippen LogP contribution is 2.37. The second-order valence-electron chi connectivity index (χ2n) is 4.36. The third-order valence-corrected chi connectivity index (χ3v) is 3.25. The highest BCUT2D eigenvalue weighted by Gasteiger charge is 2.25. The summed E-state index contributed by atoms with van der Waals surface area (Å²) in [6.45, 7) is 2.80. The maximum atomic E-state index is 5.84. The van der Waals surface area contributed by atoms with Gasteiger partial charge in [-0.2, -0.15) is 0 Å². The molecule has 1 atom stereocenters. The van der Waals surface area contributed by atoms with Crippen LogP contribution in [0.4, 0.5) is 0 Å². The maximum Gasteiger partial charge on any atom is 0.125 e. The molecule has 106 valence electrons. The summed E-state index contributed by atoms with van der Waals surface area (Å²) < 4.78 is 22.0. The summed E-state index contributed by atoms with van der Waals surface area (Å²) in [4.78, 5) is 0. The first-order valence-electron chi connectivity index (χ1n) is 6.36. The minimum absolute atomic E-state index is 0.0380. The van der Waals surface area contributed by atoms with E-state index in [9.17, 15) is 0 Å². The summed E-state index contributed by atoms with van der Waals surface area (Å²) in [6.07, 6.45) is -0.0380. The molecule has 1 fully saturated rings. The SMILES string of the molecule is COCc1c(OC)ccc(OC)c1C1CNCCO1. The van der Waals surface area contributed by atoms with Crippen molar-refractivity contribution in [2.45, 2.75) is 12.7 Å². The van der Waals surface area contributed by atoms with Gasteiger partial charge >= 0.3 is 0 Å². The Morgan fingerprint density at radius 2 is 1.95 bits per heavy atom. The summed E-state index contributed by atoms with van der Waals surface area (Å²) >= 11 is 0. The van der Waals surface area contributed by atoms with Crippen molar-refractivity contribution in [2.24, 2.45) is 0 Å². The van der Waals surface area contributed by atoms with Crippen molar-refractivity contribution >= 4 is 0 Å². The van der Waals surface area contributed by atoms with Gasteiger partial charge in [0.25, 0.3) is 0 Å². The van der Waals surface area contributed by atoms with Crippen LogP contribution in [0, 0.1) is 0 Å². The molecule has 0 aromatic heterocycles. The van der Waals surface area contributed by atoms with Gasteiger partial charge < -0.3 is 24.3 Å². The Labute approximate surface area is 113 Å². The summed E-state index contributed by atoms with van der Waals surface area (Å²) in [5, 5.41) is 3.33. The molecule has 0 spiro atoms. The zero-order chi connectivity index (χ0) is 13.7. The van der Waals surface area contributed by atoms with Crippen LogP contribution in [-0.4, -0.2) is 41.0 Å². The van der Waals surface area contributed by atoms with Gasteiger partial charge in [0.15, 0.2) is 0 Å². The Balaban J connectivity index is 2.45. The lowest BCUT2D eigenvalue weighted by Crippen LogP contribution is -2.34. The van der Waals surface area contributed by atoms with E-state index in [1.165, 1.54) is 0 Å². The molecule has 0 saturated carbocycles. The normalized spacial score (nSPS) is 19.2. The Kier molecular flexibility index (Phi) is 5.01. The average molecular weight is 267 g/mol. The topological polar surface area (TPSA) is 49.0 Å². The molecule has 2 rings (SSSR count). The molecular formula is C14H21NO4. The second kappa shape index (κ2) is 6.75. The van der Waals surface area contributed by atoms with E-state index in [4.69, 9.17) is 18.9 Å². The fourth-order valence-electron chi connectivity index (χ4n) is 2.39. The fraction of sp³-hybridized carbons (Fsp3) is 0.571. The van der Waals surface area contributed by atoms with Gasteiger partial charge in [-0.3, -0.25) is 0 Å². The Hall–Kier alpha value is -1.30. The van der Waals surface area contributed by atoms with Gasteiger partial charge in [-0.05, 0) is 12.1 Å². The number of rotatable bonds is 5. The van der Waals surface area contributed by atoms with E-state index < -0.39 is 0 Å². The van der Waals surface area contributed by atoms with Crippen LogP contribution < -0.4 is 14.8 Å². The van der Waals surface area contributed by atoms with Crippen LogP contribution in [0.15, 0.2) is 12.1 Å². The van der Waals surface area contributed by atoms with Crippen molar-refractivity contribution in [3.05, 3.63) is 23.3 Å². The molecule has 1 aliphatic heterocycles. The molecule has 0 amide bonds. The molecule has 0 bridgehead atoms. The zero-order valence-corrected chi connectivity index (χ0v) is 11.7. The Morgan fingerprint density at radius 3 is 2.53 bits per heavy atom. The number of ether oxygens (including phenoxy) is 4. The molecule has 1 N–H and O–H groups in total. The van der Waals surface area contributed by atoms with Crippen LogP contribution in [-0.2, 0) is 16.1 Å². The molecular weight excluding hydrogens is 246 g/mol. The standard InChI is InChI=1S/C14H21NO4/c1-16-9-10-11(17-2)4-5-12(18-3)14(10)13-8-15-6-7-19-13/h4-5,13,15H,6-9H2,1-3H3. The predicted molar refractivity (Wildman–Crippen MR) is 71.8 cm³/mol. The minimum atomic E-state index is -0.0380. The van der Waals surface area contributed by atoms with Crippen LogP contribution in [0.5, 0.6) is 11.5 Å². The van der Waals surface area contributed by atoms with Crippen LogP contribution >= 0.6 is 0 Å².